The Morgan fingerprint density at radius 3 is 1.93 bits per heavy atom. The van der Waals surface area contributed by atoms with E-state index < -0.39 is 0 Å². The van der Waals surface area contributed by atoms with E-state index in [9.17, 15) is 9.90 Å². The van der Waals surface area contributed by atoms with E-state index in [1.807, 2.05) is 53.3 Å². The highest BCUT2D eigenvalue weighted by Crippen LogP contribution is 2.39. The van der Waals surface area contributed by atoms with Gasteiger partial charge in [0.2, 0.25) is 0 Å². The monoisotopic (exact) mass is 422 g/mol. The van der Waals surface area contributed by atoms with E-state index in [4.69, 9.17) is 4.74 Å². The molecule has 4 heteroatoms. The lowest BCUT2D eigenvalue weighted by atomic mass is 9.78. The molecule has 0 unspecified atom stereocenters. The van der Waals surface area contributed by atoms with Crippen LogP contribution >= 0.6 is 11.8 Å². The molecule has 0 amide bonds. The number of hydrogen-bond acceptors (Lipinski definition) is 4. The van der Waals surface area contributed by atoms with Gasteiger partial charge in [0.05, 0.1) is 5.56 Å². The number of esters is 1. The first-order chi connectivity index (χ1) is 13.5. The molecule has 0 spiro atoms. The Bertz CT molecular complexity index is 603. The van der Waals surface area contributed by atoms with Crippen molar-refractivity contribution in [2.24, 2.45) is 0 Å². The van der Waals surface area contributed by atoms with Crippen molar-refractivity contribution in [2.75, 3.05) is 18.1 Å². The average Bonchev–Trinajstić information content (AvgIpc) is 2.61. The summed E-state index contributed by atoms with van der Waals surface area (Å²) in [5.41, 5.74) is 1.59. The third-order valence-electron chi connectivity index (χ3n) is 5.06. The molecule has 0 aliphatic heterocycles. The molecule has 1 N–H and O–H groups in total. The number of carbonyl (C=O) groups is 1. The number of rotatable bonds is 11. The second-order valence-corrected chi connectivity index (χ2v) is 11.2. The van der Waals surface area contributed by atoms with Gasteiger partial charge >= 0.3 is 5.97 Å². The molecular formula is C25H42O3S. The highest BCUT2D eigenvalue weighted by Gasteiger charge is 2.28. The molecule has 0 heterocycles. The third-order valence-corrected chi connectivity index (χ3v) is 6.10. The van der Waals surface area contributed by atoms with Crippen LogP contribution in [0.1, 0.15) is 108 Å². The molecule has 0 atom stereocenters. The van der Waals surface area contributed by atoms with Crippen molar-refractivity contribution < 1.29 is 14.6 Å². The van der Waals surface area contributed by atoms with Crippen molar-refractivity contribution in [3.63, 3.8) is 0 Å². The summed E-state index contributed by atoms with van der Waals surface area (Å²) in [4.78, 5) is 12.6. The maximum Gasteiger partial charge on any atom is 0.338 e. The topological polar surface area (TPSA) is 46.5 Å². The zero-order valence-corrected chi connectivity index (χ0v) is 20.5. The maximum atomic E-state index is 12.6. The van der Waals surface area contributed by atoms with Crippen molar-refractivity contribution in [1.82, 2.24) is 0 Å². The van der Waals surface area contributed by atoms with Gasteiger partial charge in [0, 0.05) is 16.9 Å². The van der Waals surface area contributed by atoms with Gasteiger partial charge in [-0.3, -0.25) is 0 Å². The van der Waals surface area contributed by atoms with Crippen LogP contribution in [0.5, 0.6) is 5.75 Å². The van der Waals surface area contributed by atoms with Gasteiger partial charge in [-0.15, -0.1) is 0 Å². The predicted octanol–water partition coefficient (Wildman–Crippen LogP) is 7.24. The van der Waals surface area contributed by atoms with Crippen LogP contribution in [0.3, 0.4) is 0 Å². The Hall–Kier alpha value is -1.16. The summed E-state index contributed by atoms with van der Waals surface area (Å²) < 4.78 is 5.52. The van der Waals surface area contributed by atoms with Crippen molar-refractivity contribution >= 4 is 17.7 Å². The standard InChI is InChI=1S/C25H42O3S/c1-8-9-10-11-12-13-15-29-16-14-28-23(27)19-17-20(24(2,3)4)22(26)21(18-19)25(5,6)7/h17-18,26H,8-16H2,1-7H3. The molecule has 1 aromatic carbocycles. The summed E-state index contributed by atoms with van der Waals surface area (Å²) in [6, 6.07) is 3.58. The number of hydrogen-bond donors (Lipinski definition) is 1. The molecule has 0 aromatic heterocycles. The summed E-state index contributed by atoms with van der Waals surface area (Å²) in [7, 11) is 0. The van der Waals surface area contributed by atoms with Crippen molar-refractivity contribution in [1.29, 1.82) is 0 Å². The summed E-state index contributed by atoms with van der Waals surface area (Å²) in [5.74, 6) is 1.94. The first kappa shape index (κ1) is 25.9. The zero-order chi connectivity index (χ0) is 22.1. The van der Waals surface area contributed by atoms with Crippen LogP contribution in [0.15, 0.2) is 12.1 Å². The molecule has 0 saturated heterocycles. The van der Waals surface area contributed by atoms with Crippen LogP contribution in [-0.2, 0) is 15.6 Å². The SMILES string of the molecule is CCCCCCCCSCCOC(=O)c1cc(C(C)(C)C)c(O)c(C(C)(C)C)c1. The normalized spacial score (nSPS) is 12.2. The highest BCUT2D eigenvalue weighted by atomic mass is 32.2. The third kappa shape index (κ3) is 9.02. The Morgan fingerprint density at radius 1 is 0.897 bits per heavy atom. The quantitative estimate of drug-likeness (QED) is 0.301. The minimum Gasteiger partial charge on any atom is -0.507 e. The van der Waals surface area contributed by atoms with Gasteiger partial charge in [0.25, 0.3) is 0 Å². The molecule has 1 rings (SSSR count). The molecule has 3 nitrogen and oxygen atoms in total. The first-order valence-corrected chi connectivity index (χ1v) is 12.3. The smallest absolute Gasteiger partial charge is 0.338 e. The number of ether oxygens (including phenoxy) is 1. The average molecular weight is 423 g/mol. The predicted molar refractivity (Wildman–Crippen MR) is 126 cm³/mol. The number of aromatic hydroxyl groups is 1. The first-order valence-electron chi connectivity index (χ1n) is 11.1. The number of unbranched alkanes of at least 4 members (excludes halogenated alkanes) is 5. The molecule has 0 saturated carbocycles. The molecule has 1 aromatic rings. The van der Waals surface area contributed by atoms with E-state index in [2.05, 4.69) is 6.92 Å². The molecule has 0 aliphatic carbocycles. The molecule has 0 bridgehead atoms. The Balaban J connectivity index is 2.60. The van der Waals surface area contributed by atoms with Crippen molar-refractivity contribution in [3.05, 3.63) is 28.8 Å². The second-order valence-electron chi connectivity index (χ2n) is 9.94. The van der Waals surface area contributed by atoms with Crippen molar-refractivity contribution in [2.45, 2.75) is 97.8 Å². The Labute approximate surface area is 183 Å². The number of phenols is 1. The Kier molecular flexibility index (Phi) is 10.6. The van der Waals surface area contributed by atoms with Crippen LogP contribution in [0, 0.1) is 0 Å². The van der Waals surface area contributed by atoms with Gasteiger partial charge in [0.1, 0.15) is 12.4 Å². The lowest BCUT2D eigenvalue weighted by Gasteiger charge is -2.27. The van der Waals surface area contributed by atoms with E-state index in [0.717, 1.165) is 22.6 Å². The summed E-state index contributed by atoms with van der Waals surface area (Å²) in [6.07, 6.45) is 7.84. The fourth-order valence-corrected chi connectivity index (χ4v) is 4.07. The van der Waals surface area contributed by atoms with Gasteiger partial charge in [0.15, 0.2) is 0 Å². The fraction of sp³-hybridized carbons (Fsp3) is 0.720. The van der Waals surface area contributed by atoms with Crippen LogP contribution in [0.4, 0.5) is 0 Å². The lowest BCUT2D eigenvalue weighted by molar-refractivity contribution is 0.0530. The summed E-state index contributed by atoms with van der Waals surface area (Å²) in [5, 5.41) is 10.8. The van der Waals surface area contributed by atoms with E-state index in [0.29, 0.717) is 12.2 Å². The van der Waals surface area contributed by atoms with E-state index in [1.165, 1.54) is 38.5 Å². The van der Waals surface area contributed by atoms with E-state index in [1.54, 1.807) is 12.1 Å². The minimum absolute atomic E-state index is 0.257. The molecule has 0 radical (unpaired) electrons. The summed E-state index contributed by atoms with van der Waals surface area (Å²) >= 11 is 1.85. The maximum absolute atomic E-state index is 12.6. The second kappa shape index (κ2) is 11.9. The van der Waals surface area contributed by atoms with Crippen LogP contribution in [-0.4, -0.2) is 29.2 Å². The van der Waals surface area contributed by atoms with Gasteiger partial charge in [-0.1, -0.05) is 80.6 Å². The minimum atomic E-state index is -0.304. The van der Waals surface area contributed by atoms with Gasteiger partial charge in [-0.05, 0) is 35.1 Å². The van der Waals surface area contributed by atoms with Gasteiger partial charge in [-0.25, -0.2) is 4.79 Å². The summed E-state index contributed by atoms with van der Waals surface area (Å²) in [6.45, 7) is 14.9. The molecule has 0 aliphatic rings. The van der Waals surface area contributed by atoms with Crippen LogP contribution < -0.4 is 0 Å². The highest BCUT2D eigenvalue weighted by molar-refractivity contribution is 7.99. The number of thioether (sulfide) groups is 1. The van der Waals surface area contributed by atoms with Gasteiger partial charge < -0.3 is 9.84 Å². The largest absolute Gasteiger partial charge is 0.507 e. The van der Waals surface area contributed by atoms with E-state index >= 15 is 0 Å². The zero-order valence-electron chi connectivity index (χ0n) is 19.7. The molecule has 0 fully saturated rings. The lowest BCUT2D eigenvalue weighted by Crippen LogP contribution is -2.19. The number of phenolic OH excluding ortho intramolecular Hbond substituents is 1. The number of carbonyl (C=O) groups excluding carboxylic acids is 1. The number of benzene rings is 1. The van der Waals surface area contributed by atoms with E-state index in [-0.39, 0.29) is 22.5 Å². The van der Waals surface area contributed by atoms with Crippen LogP contribution in [0.25, 0.3) is 0 Å². The Morgan fingerprint density at radius 2 is 1.41 bits per heavy atom. The van der Waals surface area contributed by atoms with Crippen LogP contribution in [0.2, 0.25) is 0 Å². The van der Waals surface area contributed by atoms with Crippen molar-refractivity contribution in [3.8, 4) is 5.75 Å². The fourth-order valence-electron chi connectivity index (χ4n) is 3.26. The molecular weight excluding hydrogens is 380 g/mol. The molecule has 29 heavy (non-hydrogen) atoms. The molecule has 166 valence electrons. The van der Waals surface area contributed by atoms with Gasteiger partial charge in [-0.2, -0.15) is 11.8 Å².